The number of hydrogen-bond donors (Lipinski definition) is 0. The number of hydrogen-bond acceptors (Lipinski definition) is 2. The molecule has 1 amide bonds. The standard InChI is InChI=1S/C15H24BrN3O/c1-4-7-18-10-12(16)9-14(18)15(20)19-8-5-6-13(11-19)17(2)3/h9-10,13H,4-8,11H2,1-3H3. The summed E-state index contributed by atoms with van der Waals surface area (Å²) in [6.45, 7) is 4.72. The second-order valence-corrected chi connectivity index (χ2v) is 6.66. The lowest BCUT2D eigenvalue weighted by atomic mass is 10.0. The molecule has 1 aromatic heterocycles. The molecule has 2 rings (SSSR count). The Morgan fingerprint density at radius 1 is 1.50 bits per heavy atom. The molecule has 1 atom stereocenters. The molecule has 1 saturated heterocycles. The van der Waals surface area contributed by atoms with Gasteiger partial charge >= 0.3 is 0 Å². The molecule has 0 bridgehead atoms. The van der Waals surface area contributed by atoms with Gasteiger partial charge in [0.2, 0.25) is 0 Å². The monoisotopic (exact) mass is 341 g/mol. The highest BCUT2D eigenvalue weighted by Crippen LogP contribution is 2.20. The Morgan fingerprint density at radius 3 is 2.90 bits per heavy atom. The topological polar surface area (TPSA) is 28.5 Å². The van der Waals surface area contributed by atoms with Crippen molar-refractivity contribution < 1.29 is 4.79 Å². The fraction of sp³-hybridized carbons (Fsp3) is 0.667. The fourth-order valence-corrected chi connectivity index (χ4v) is 3.27. The van der Waals surface area contributed by atoms with Gasteiger partial charge in [0.1, 0.15) is 5.69 Å². The molecule has 0 N–H and O–H groups in total. The van der Waals surface area contributed by atoms with Crippen LogP contribution in [0.1, 0.15) is 36.7 Å². The number of rotatable bonds is 4. The SMILES string of the molecule is CCCn1cc(Br)cc1C(=O)N1CCCC(N(C)C)C1. The van der Waals surface area contributed by atoms with Crippen molar-refractivity contribution >= 4 is 21.8 Å². The highest BCUT2D eigenvalue weighted by molar-refractivity contribution is 9.10. The maximum atomic E-state index is 12.7. The number of piperidine rings is 1. The molecule has 4 nitrogen and oxygen atoms in total. The van der Waals surface area contributed by atoms with Crippen molar-refractivity contribution in [2.24, 2.45) is 0 Å². The Labute approximate surface area is 129 Å². The van der Waals surface area contributed by atoms with Crippen LogP contribution in [0.4, 0.5) is 0 Å². The Hall–Kier alpha value is -0.810. The summed E-state index contributed by atoms with van der Waals surface area (Å²) < 4.78 is 3.04. The van der Waals surface area contributed by atoms with Gasteiger partial charge in [-0.1, -0.05) is 6.92 Å². The number of likely N-dealkylation sites (tertiary alicyclic amines) is 1. The minimum atomic E-state index is 0.163. The summed E-state index contributed by atoms with van der Waals surface area (Å²) in [5.41, 5.74) is 0.804. The highest BCUT2D eigenvalue weighted by Gasteiger charge is 2.27. The van der Waals surface area contributed by atoms with E-state index in [-0.39, 0.29) is 5.91 Å². The zero-order valence-electron chi connectivity index (χ0n) is 12.6. The normalized spacial score (nSPS) is 19.6. The zero-order chi connectivity index (χ0) is 14.7. The third-order valence-corrected chi connectivity index (χ3v) is 4.39. The first-order valence-corrected chi connectivity index (χ1v) is 8.13. The largest absolute Gasteiger partial charge is 0.342 e. The van der Waals surface area contributed by atoms with Crippen molar-refractivity contribution in [1.82, 2.24) is 14.4 Å². The van der Waals surface area contributed by atoms with Gasteiger partial charge in [-0.3, -0.25) is 4.79 Å². The first-order chi connectivity index (χ1) is 9.52. The summed E-state index contributed by atoms with van der Waals surface area (Å²) in [5, 5.41) is 0. The van der Waals surface area contributed by atoms with Gasteiger partial charge < -0.3 is 14.4 Å². The van der Waals surface area contributed by atoms with E-state index in [0.29, 0.717) is 6.04 Å². The average molecular weight is 342 g/mol. The third-order valence-electron chi connectivity index (χ3n) is 3.96. The van der Waals surface area contributed by atoms with Crippen LogP contribution in [0.3, 0.4) is 0 Å². The lowest BCUT2D eigenvalue weighted by molar-refractivity contribution is 0.0624. The number of aromatic nitrogens is 1. The van der Waals surface area contributed by atoms with E-state index in [1.165, 1.54) is 6.42 Å². The Kier molecular flexibility index (Phi) is 5.27. The van der Waals surface area contributed by atoms with Crippen LogP contribution >= 0.6 is 15.9 Å². The van der Waals surface area contributed by atoms with Crippen molar-refractivity contribution in [2.45, 2.75) is 38.8 Å². The van der Waals surface area contributed by atoms with Crippen LogP contribution in [0.2, 0.25) is 0 Å². The van der Waals surface area contributed by atoms with Crippen LogP contribution in [-0.4, -0.2) is 53.5 Å². The van der Waals surface area contributed by atoms with Crippen molar-refractivity contribution in [2.75, 3.05) is 27.2 Å². The van der Waals surface area contributed by atoms with E-state index in [9.17, 15) is 4.79 Å². The lowest BCUT2D eigenvalue weighted by Gasteiger charge is -2.36. The molecule has 1 aliphatic heterocycles. The lowest BCUT2D eigenvalue weighted by Crippen LogP contribution is -2.47. The Morgan fingerprint density at radius 2 is 2.25 bits per heavy atom. The van der Waals surface area contributed by atoms with Crippen molar-refractivity contribution in [3.05, 3.63) is 22.4 Å². The summed E-state index contributed by atoms with van der Waals surface area (Å²) in [6, 6.07) is 2.42. The second kappa shape index (κ2) is 6.76. The van der Waals surface area contributed by atoms with E-state index < -0.39 is 0 Å². The average Bonchev–Trinajstić information content (AvgIpc) is 2.79. The maximum absolute atomic E-state index is 12.7. The molecule has 0 aliphatic carbocycles. The predicted octanol–water partition coefficient (Wildman–Crippen LogP) is 2.83. The number of nitrogens with zero attached hydrogens (tertiary/aromatic N) is 3. The van der Waals surface area contributed by atoms with Crippen molar-refractivity contribution in [3.63, 3.8) is 0 Å². The predicted molar refractivity (Wildman–Crippen MR) is 85.0 cm³/mol. The van der Waals surface area contributed by atoms with Gasteiger partial charge in [-0.2, -0.15) is 0 Å². The highest BCUT2D eigenvalue weighted by atomic mass is 79.9. The summed E-state index contributed by atoms with van der Waals surface area (Å²) in [6.07, 6.45) is 5.30. The number of likely N-dealkylation sites (N-methyl/N-ethyl adjacent to an activating group) is 1. The molecule has 0 saturated carbocycles. The third kappa shape index (κ3) is 3.44. The van der Waals surface area contributed by atoms with Crippen LogP contribution in [-0.2, 0) is 6.54 Å². The quantitative estimate of drug-likeness (QED) is 0.842. The molecular formula is C15H24BrN3O. The van der Waals surface area contributed by atoms with Gasteiger partial charge in [-0.25, -0.2) is 0 Å². The summed E-state index contributed by atoms with van der Waals surface area (Å²) in [7, 11) is 4.18. The summed E-state index contributed by atoms with van der Waals surface area (Å²) >= 11 is 3.48. The van der Waals surface area contributed by atoms with E-state index in [1.807, 2.05) is 17.2 Å². The summed E-state index contributed by atoms with van der Waals surface area (Å²) in [5.74, 6) is 0.163. The van der Waals surface area contributed by atoms with Crippen molar-refractivity contribution in [1.29, 1.82) is 0 Å². The molecule has 1 aromatic rings. The molecule has 0 spiro atoms. The van der Waals surface area contributed by atoms with Crippen LogP contribution in [0.15, 0.2) is 16.7 Å². The van der Waals surface area contributed by atoms with Gasteiger partial charge in [0, 0.05) is 36.3 Å². The van der Waals surface area contributed by atoms with Gasteiger partial charge in [0.15, 0.2) is 0 Å². The van der Waals surface area contributed by atoms with E-state index >= 15 is 0 Å². The molecule has 1 unspecified atom stereocenters. The molecule has 2 heterocycles. The van der Waals surface area contributed by atoms with Crippen LogP contribution in [0, 0.1) is 0 Å². The smallest absolute Gasteiger partial charge is 0.270 e. The first kappa shape index (κ1) is 15.6. The number of amides is 1. The van der Waals surface area contributed by atoms with E-state index in [2.05, 4.69) is 46.4 Å². The van der Waals surface area contributed by atoms with E-state index in [0.717, 1.165) is 42.6 Å². The molecule has 0 aromatic carbocycles. The Bertz CT molecular complexity index is 470. The molecule has 1 aliphatic rings. The number of carbonyl (C=O) groups is 1. The maximum Gasteiger partial charge on any atom is 0.270 e. The zero-order valence-corrected chi connectivity index (χ0v) is 14.2. The molecule has 112 valence electrons. The number of aryl methyl sites for hydroxylation is 1. The van der Waals surface area contributed by atoms with Gasteiger partial charge in [0.25, 0.3) is 5.91 Å². The van der Waals surface area contributed by atoms with E-state index in [4.69, 9.17) is 0 Å². The minimum Gasteiger partial charge on any atom is -0.342 e. The molecule has 5 heteroatoms. The van der Waals surface area contributed by atoms with Crippen LogP contribution in [0.25, 0.3) is 0 Å². The Balaban J connectivity index is 2.14. The van der Waals surface area contributed by atoms with E-state index in [1.54, 1.807) is 0 Å². The number of carbonyl (C=O) groups excluding carboxylic acids is 1. The number of halogens is 1. The van der Waals surface area contributed by atoms with Gasteiger partial charge in [0.05, 0.1) is 0 Å². The summed E-state index contributed by atoms with van der Waals surface area (Å²) in [4.78, 5) is 17.0. The molecule has 20 heavy (non-hydrogen) atoms. The van der Waals surface area contributed by atoms with Gasteiger partial charge in [-0.15, -0.1) is 0 Å². The first-order valence-electron chi connectivity index (χ1n) is 7.34. The fourth-order valence-electron chi connectivity index (χ4n) is 2.80. The molecule has 0 radical (unpaired) electrons. The minimum absolute atomic E-state index is 0.163. The van der Waals surface area contributed by atoms with Crippen LogP contribution < -0.4 is 0 Å². The second-order valence-electron chi connectivity index (χ2n) is 5.75. The van der Waals surface area contributed by atoms with Crippen molar-refractivity contribution in [3.8, 4) is 0 Å². The molecular weight excluding hydrogens is 318 g/mol. The van der Waals surface area contributed by atoms with Gasteiger partial charge in [-0.05, 0) is 55.4 Å². The van der Waals surface area contributed by atoms with Crippen LogP contribution in [0.5, 0.6) is 0 Å². The molecule has 1 fully saturated rings.